The van der Waals surface area contributed by atoms with Gasteiger partial charge in [-0.1, -0.05) is 36.4 Å². The van der Waals surface area contributed by atoms with E-state index >= 15 is 0 Å². The van der Waals surface area contributed by atoms with E-state index in [-0.39, 0.29) is 12.3 Å². The standard InChI is InChI=1S/C18H20N2O3/c1-23-17-9-5-8-16(12-17)20(11-10-19-14-21)13-18(22)15-6-3-2-4-7-15/h2-9,12,14H,10-11,13H2,1H3,(H,19,21). The van der Waals surface area contributed by atoms with Gasteiger partial charge in [0.2, 0.25) is 6.41 Å². The lowest BCUT2D eigenvalue weighted by atomic mass is 10.1. The van der Waals surface area contributed by atoms with Gasteiger partial charge in [-0.25, -0.2) is 0 Å². The number of ether oxygens (including phenoxy) is 1. The van der Waals surface area contributed by atoms with Gasteiger partial charge in [0.1, 0.15) is 5.75 Å². The van der Waals surface area contributed by atoms with E-state index in [1.54, 1.807) is 19.2 Å². The van der Waals surface area contributed by atoms with Crippen molar-refractivity contribution in [3.05, 3.63) is 60.2 Å². The number of rotatable bonds is 9. The Kier molecular flexibility index (Phi) is 6.17. The van der Waals surface area contributed by atoms with Gasteiger partial charge in [-0.3, -0.25) is 9.59 Å². The molecular formula is C18H20N2O3. The van der Waals surface area contributed by atoms with Gasteiger partial charge in [-0.15, -0.1) is 0 Å². The molecule has 0 aliphatic carbocycles. The summed E-state index contributed by atoms with van der Waals surface area (Å²) in [7, 11) is 1.60. The molecule has 0 atom stereocenters. The highest BCUT2D eigenvalue weighted by molar-refractivity contribution is 5.99. The van der Waals surface area contributed by atoms with Crippen molar-refractivity contribution in [2.24, 2.45) is 0 Å². The maximum Gasteiger partial charge on any atom is 0.207 e. The van der Waals surface area contributed by atoms with Crippen molar-refractivity contribution >= 4 is 17.9 Å². The molecule has 2 aromatic rings. The molecular weight excluding hydrogens is 292 g/mol. The van der Waals surface area contributed by atoms with Crippen LogP contribution in [0.4, 0.5) is 5.69 Å². The van der Waals surface area contributed by atoms with Crippen LogP contribution in [-0.2, 0) is 4.79 Å². The molecule has 0 saturated carbocycles. The summed E-state index contributed by atoms with van der Waals surface area (Å²) in [5.41, 5.74) is 1.55. The van der Waals surface area contributed by atoms with Crippen LogP contribution in [0, 0.1) is 0 Å². The van der Waals surface area contributed by atoms with Crippen molar-refractivity contribution in [2.45, 2.75) is 0 Å². The molecule has 2 aromatic carbocycles. The van der Waals surface area contributed by atoms with E-state index in [1.807, 2.05) is 47.4 Å². The molecule has 1 amide bonds. The quantitative estimate of drug-likeness (QED) is 0.438. The summed E-state index contributed by atoms with van der Waals surface area (Å²) in [5.74, 6) is 0.752. The van der Waals surface area contributed by atoms with Gasteiger partial charge in [0, 0.05) is 30.4 Å². The minimum Gasteiger partial charge on any atom is -0.497 e. The first-order valence-electron chi connectivity index (χ1n) is 7.39. The molecule has 5 nitrogen and oxygen atoms in total. The summed E-state index contributed by atoms with van der Waals surface area (Å²) >= 11 is 0. The van der Waals surface area contributed by atoms with E-state index in [2.05, 4.69) is 5.32 Å². The van der Waals surface area contributed by atoms with Crippen LogP contribution in [0.2, 0.25) is 0 Å². The number of nitrogens with one attached hydrogen (secondary N) is 1. The van der Waals surface area contributed by atoms with Gasteiger partial charge in [0.15, 0.2) is 5.78 Å². The number of hydrogen-bond acceptors (Lipinski definition) is 4. The molecule has 0 aliphatic heterocycles. The third-order valence-corrected chi connectivity index (χ3v) is 3.46. The fraction of sp³-hybridized carbons (Fsp3) is 0.222. The minimum absolute atomic E-state index is 0.0273. The van der Waals surface area contributed by atoms with Gasteiger partial charge in [-0.05, 0) is 12.1 Å². The van der Waals surface area contributed by atoms with Crippen LogP contribution in [0.1, 0.15) is 10.4 Å². The second kappa shape index (κ2) is 8.58. The van der Waals surface area contributed by atoms with E-state index in [0.717, 1.165) is 11.4 Å². The van der Waals surface area contributed by atoms with Gasteiger partial charge in [0.05, 0.1) is 13.7 Å². The smallest absolute Gasteiger partial charge is 0.207 e. The number of amides is 1. The molecule has 0 saturated heterocycles. The summed E-state index contributed by atoms with van der Waals surface area (Å²) in [6, 6.07) is 16.7. The lowest BCUT2D eigenvalue weighted by Crippen LogP contribution is -2.35. The number of anilines is 1. The largest absolute Gasteiger partial charge is 0.497 e. The third-order valence-electron chi connectivity index (χ3n) is 3.46. The fourth-order valence-corrected chi connectivity index (χ4v) is 2.25. The van der Waals surface area contributed by atoms with Crippen LogP contribution >= 0.6 is 0 Å². The van der Waals surface area contributed by atoms with Crippen LogP contribution in [0.3, 0.4) is 0 Å². The molecule has 2 rings (SSSR count). The number of ketones is 1. The van der Waals surface area contributed by atoms with Crippen LogP contribution in [0.15, 0.2) is 54.6 Å². The van der Waals surface area contributed by atoms with Crippen LogP contribution in [0.25, 0.3) is 0 Å². The zero-order valence-electron chi connectivity index (χ0n) is 13.1. The average molecular weight is 312 g/mol. The normalized spacial score (nSPS) is 9.96. The Morgan fingerprint density at radius 2 is 1.96 bits per heavy atom. The van der Waals surface area contributed by atoms with E-state index in [4.69, 9.17) is 4.74 Å². The number of Topliss-reactive ketones (excluding diaryl/α,β-unsaturated/α-hetero) is 1. The Labute approximate surface area is 135 Å². The van der Waals surface area contributed by atoms with Gasteiger partial charge in [0.25, 0.3) is 0 Å². The SMILES string of the molecule is COc1cccc(N(CCNC=O)CC(=O)c2ccccc2)c1. The Bertz CT molecular complexity index is 644. The molecule has 0 unspecified atom stereocenters. The van der Waals surface area contributed by atoms with Crippen molar-refractivity contribution in [3.63, 3.8) is 0 Å². The van der Waals surface area contributed by atoms with E-state index in [1.165, 1.54) is 0 Å². The summed E-state index contributed by atoms with van der Waals surface area (Å²) in [4.78, 5) is 24.8. The molecule has 0 bridgehead atoms. The highest BCUT2D eigenvalue weighted by Gasteiger charge is 2.13. The number of nitrogens with zero attached hydrogens (tertiary/aromatic N) is 1. The number of carbonyl (C=O) groups excluding carboxylic acids is 2. The molecule has 0 spiro atoms. The predicted octanol–water partition coefficient (Wildman–Crippen LogP) is 2.13. The summed E-state index contributed by atoms with van der Waals surface area (Å²) in [6.07, 6.45) is 0.656. The van der Waals surface area contributed by atoms with Gasteiger partial charge >= 0.3 is 0 Å². The second-order valence-electron chi connectivity index (χ2n) is 4.98. The predicted molar refractivity (Wildman–Crippen MR) is 90.0 cm³/mol. The monoisotopic (exact) mass is 312 g/mol. The Balaban J connectivity index is 2.16. The van der Waals surface area contributed by atoms with Crippen molar-refractivity contribution in [1.82, 2.24) is 5.32 Å². The first kappa shape index (κ1) is 16.5. The van der Waals surface area contributed by atoms with E-state index in [9.17, 15) is 9.59 Å². The summed E-state index contributed by atoms with van der Waals surface area (Å²) in [5, 5.41) is 2.63. The number of methoxy groups -OCH3 is 1. The maximum atomic E-state index is 12.5. The molecule has 0 aliphatic rings. The highest BCUT2D eigenvalue weighted by atomic mass is 16.5. The van der Waals surface area contributed by atoms with Crippen molar-refractivity contribution in [1.29, 1.82) is 0 Å². The van der Waals surface area contributed by atoms with Crippen LogP contribution in [0.5, 0.6) is 5.75 Å². The Morgan fingerprint density at radius 1 is 1.17 bits per heavy atom. The van der Waals surface area contributed by atoms with Crippen molar-refractivity contribution in [3.8, 4) is 5.75 Å². The highest BCUT2D eigenvalue weighted by Crippen LogP contribution is 2.21. The molecule has 0 radical (unpaired) electrons. The zero-order valence-corrected chi connectivity index (χ0v) is 13.1. The first-order chi connectivity index (χ1) is 11.2. The Hall–Kier alpha value is -2.82. The summed E-state index contributed by atoms with van der Waals surface area (Å²) < 4.78 is 5.24. The third kappa shape index (κ3) is 4.85. The zero-order chi connectivity index (χ0) is 16.5. The first-order valence-corrected chi connectivity index (χ1v) is 7.39. The van der Waals surface area contributed by atoms with Gasteiger partial charge in [-0.2, -0.15) is 0 Å². The Morgan fingerprint density at radius 3 is 2.65 bits per heavy atom. The molecule has 5 heteroatoms. The lowest BCUT2D eigenvalue weighted by molar-refractivity contribution is -0.109. The molecule has 1 N–H and O–H groups in total. The lowest BCUT2D eigenvalue weighted by Gasteiger charge is -2.24. The van der Waals surface area contributed by atoms with Crippen molar-refractivity contribution in [2.75, 3.05) is 31.6 Å². The molecule has 0 fully saturated rings. The molecule has 23 heavy (non-hydrogen) atoms. The maximum absolute atomic E-state index is 12.5. The average Bonchev–Trinajstić information content (AvgIpc) is 2.61. The number of benzene rings is 2. The summed E-state index contributed by atoms with van der Waals surface area (Å²) in [6.45, 7) is 1.23. The van der Waals surface area contributed by atoms with E-state index in [0.29, 0.717) is 25.1 Å². The number of carbonyl (C=O) groups is 2. The van der Waals surface area contributed by atoms with Crippen molar-refractivity contribution < 1.29 is 14.3 Å². The number of hydrogen-bond donors (Lipinski definition) is 1. The topological polar surface area (TPSA) is 58.6 Å². The second-order valence-corrected chi connectivity index (χ2v) is 4.98. The minimum atomic E-state index is 0.0273. The molecule has 120 valence electrons. The van der Waals surface area contributed by atoms with Crippen LogP contribution in [-0.4, -0.2) is 38.9 Å². The molecule has 0 heterocycles. The van der Waals surface area contributed by atoms with Gasteiger partial charge < -0.3 is 15.0 Å². The fourth-order valence-electron chi connectivity index (χ4n) is 2.25. The molecule has 0 aromatic heterocycles. The van der Waals surface area contributed by atoms with Crippen LogP contribution < -0.4 is 15.0 Å². The van der Waals surface area contributed by atoms with E-state index < -0.39 is 0 Å².